The number of ether oxygens (including phenoxy) is 1. The molecule has 3 heterocycles. The van der Waals surface area contributed by atoms with E-state index >= 15 is 0 Å². The first-order valence-corrected chi connectivity index (χ1v) is 11.4. The molecule has 0 spiro atoms. The van der Waals surface area contributed by atoms with Crippen molar-refractivity contribution in [3.05, 3.63) is 113 Å². The molecule has 1 aliphatic heterocycles. The summed E-state index contributed by atoms with van der Waals surface area (Å²) in [7, 11) is 0. The first-order chi connectivity index (χ1) is 17.5. The molecule has 180 valence electrons. The molecule has 36 heavy (non-hydrogen) atoms. The van der Waals surface area contributed by atoms with Crippen LogP contribution in [0.1, 0.15) is 45.0 Å². The number of Topliss-reactive ketones (excluding diaryl/α,β-unsaturated/α-hetero) is 1. The number of fused-ring (bicyclic) bond motifs is 1. The maximum Gasteiger partial charge on any atom is 0.338 e. The van der Waals surface area contributed by atoms with Gasteiger partial charge in [0.1, 0.15) is 5.58 Å². The Morgan fingerprint density at radius 3 is 2.56 bits per heavy atom. The minimum atomic E-state index is -0.878. The maximum absolute atomic E-state index is 13.6. The number of carbonyl (C=O) groups is 3. The standard InChI is InChI=1S/C28H22N2O6/c1-2-35-28(34)18-11-9-17(10-12-18)16-30-24(20-7-5-13-29-15-20)23(26(32)27(30)33)25(31)22-14-19-6-3-4-8-21(19)36-22/h3-15,24,32H,2,16H2,1H3. The fourth-order valence-corrected chi connectivity index (χ4v) is 4.32. The zero-order valence-corrected chi connectivity index (χ0v) is 19.4. The number of furan rings is 1. The first kappa shape index (κ1) is 23.0. The Balaban J connectivity index is 1.50. The number of hydrogen-bond donors (Lipinski definition) is 1. The fraction of sp³-hybridized carbons (Fsp3) is 0.143. The Labute approximate surface area is 206 Å². The fourth-order valence-electron chi connectivity index (χ4n) is 4.32. The Morgan fingerprint density at radius 1 is 1.08 bits per heavy atom. The lowest BCUT2D eigenvalue weighted by atomic mass is 9.96. The van der Waals surface area contributed by atoms with Gasteiger partial charge in [0.05, 0.1) is 23.8 Å². The smallest absolute Gasteiger partial charge is 0.338 e. The number of carbonyl (C=O) groups excluding carboxylic acids is 3. The number of esters is 1. The lowest BCUT2D eigenvalue weighted by molar-refractivity contribution is -0.130. The summed E-state index contributed by atoms with van der Waals surface area (Å²) in [6, 6.07) is 18.0. The molecule has 0 radical (unpaired) electrons. The Kier molecular flexibility index (Phi) is 6.08. The molecule has 2 aromatic carbocycles. The summed E-state index contributed by atoms with van der Waals surface area (Å²) in [5.74, 6) is -2.30. The van der Waals surface area contributed by atoms with Gasteiger partial charge in [0.2, 0.25) is 5.78 Å². The Morgan fingerprint density at radius 2 is 1.86 bits per heavy atom. The molecule has 1 amide bonds. The quantitative estimate of drug-likeness (QED) is 0.298. The van der Waals surface area contributed by atoms with Crippen molar-refractivity contribution in [2.24, 2.45) is 0 Å². The molecule has 0 fully saturated rings. The molecule has 2 aromatic heterocycles. The first-order valence-electron chi connectivity index (χ1n) is 11.4. The van der Waals surface area contributed by atoms with E-state index in [1.807, 2.05) is 12.1 Å². The average molecular weight is 482 g/mol. The molecule has 0 aliphatic carbocycles. The zero-order valence-electron chi connectivity index (χ0n) is 19.4. The summed E-state index contributed by atoms with van der Waals surface area (Å²) in [6.07, 6.45) is 3.14. The van der Waals surface area contributed by atoms with E-state index in [4.69, 9.17) is 9.15 Å². The van der Waals surface area contributed by atoms with Crippen molar-refractivity contribution in [3.63, 3.8) is 0 Å². The molecule has 5 rings (SSSR count). The SMILES string of the molecule is CCOC(=O)c1ccc(CN2C(=O)C(O)=C(C(=O)c3cc4ccccc4o3)C2c2cccnc2)cc1. The third-order valence-corrected chi connectivity index (χ3v) is 6.02. The van der Waals surface area contributed by atoms with Crippen LogP contribution >= 0.6 is 0 Å². The van der Waals surface area contributed by atoms with Gasteiger partial charge in [0, 0.05) is 24.3 Å². The van der Waals surface area contributed by atoms with Crippen LogP contribution in [0.5, 0.6) is 0 Å². The van der Waals surface area contributed by atoms with E-state index in [0.717, 1.165) is 5.39 Å². The van der Waals surface area contributed by atoms with Gasteiger partial charge in [0.15, 0.2) is 11.5 Å². The summed E-state index contributed by atoms with van der Waals surface area (Å²) in [6.45, 7) is 2.08. The monoisotopic (exact) mass is 482 g/mol. The molecule has 0 bridgehead atoms. The van der Waals surface area contributed by atoms with Crippen LogP contribution in [0.4, 0.5) is 0 Å². The normalized spacial score (nSPS) is 15.5. The molecular formula is C28H22N2O6. The van der Waals surface area contributed by atoms with Gasteiger partial charge in [-0.3, -0.25) is 14.6 Å². The minimum Gasteiger partial charge on any atom is -0.503 e. The Bertz CT molecular complexity index is 1450. The number of benzene rings is 2. The highest BCUT2D eigenvalue weighted by molar-refractivity contribution is 6.16. The number of aliphatic hydroxyl groups excluding tert-OH is 1. The van der Waals surface area contributed by atoms with Gasteiger partial charge in [-0.05, 0) is 48.4 Å². The van der Waals surface area contributed by atoms with Gasteiger partial charge >= 0.3 is 5.97 Å². The van der Waals surface area contributed by atoms with Crippen LogP contribution in [-0.4, -0.2) is 39.3 Å². The van der Waals surface area contributed by atoms with Gasteiger partial charge in [-0.2, -0.15) is 0 Å². The molecule has 1 N–H and O–H groups in total. The second-order valence-electron chi connectivity index (χ2n) is 8.28. The molecule has 1 unspecified atom stereocenters. The predicted molar refractivity (Wildman–Crippen MR) is 130 cm³/mol. The highest BCUT2D eigenvalue weighted by Gasteiger charge is 2.44. The molecule has 0 saturated carbocycles. The van der Waals surface area contributed by atoms with E-state index in [9.17, 15) is 19.5 Å². The second-order valence-corrected chi connectivity index (χ2v) is 8.28. The highest BCUT2D eigenvalue weighted by atomic mass is 16.5. The molecule has 1 atom stereocenters. The molecule has 0 saturated heterocycles. The largest absolute Gasteiger partial charge is 0.503 e. The van der Waals surface area contributed by atoms with Crippen molar-refractivity contribution >= 4 is 28.6 Å². The van der Waals surface area contributed by atoms with Crippen LogP contribution in [-0.2, 0) is 16.1 Å². The van der Waals surface area contributed by atoms with Crippen molar-refractivity contribution < 1.29 is 28.6 Å². The summed E-state index contributed by atoms with van der Waals surface area (Å²) in [4.78, 5) is 44.3. The summed E-state index contributed by atoms with van der Waals surface area (Å²) in [5.41, 5.74) is 2.11. The van der Waals surface area contributed by atoms with Crippen LogP contribution in [0.3, 0.4) is 0 Å². The van der Waals surface area contributed by atoms with E-state index in [0.29, 0.717) is 22.3 Å². The third kappa shape index (κ3) is 4.13. The second kappa shape index (κ2) is 9.50. The van der Waals surface area contributed by atoms with Gasteiger partial charge in [0.25, 0.3) is 5.91 Å². The van der Waals surface area contributed by atoms with Gasteiger partial charge in [-0.1, -0.05) is 36.4 Å². The van der Waals surface area contributed by atoms with Gasteiger partial charge < -0.3 is 19.2 Å². The average Bonchev–Trinajstić information content (AvgIpc) is 3.44. The van der Waals surface area contributed by atoms with Gasteiger partial charge in [-0.15, -0.1) is 0 Å². The molecular weight excluding hydrogens is 460 g/mol. The van der Waals surface area contributed by atoms with E-state index in [1.54, 1.807) is 73.9 Å². The molecule has 8 heteroatoms. The number of ketones is 1. The number of hydrogen-bond acceptors (Lipinski definition) is 7. The van der Waals surface area contributed by atoms with Crippen molar-refractivity contribution in [1.29, 1.82) is 0 Å². The molecule has 1 aliphatic rings. The van der Waals surface area contributed by atoms with E-state index in [1.165, 1.54) is 4.90 Å². The summed E-state index contributed by atoms with van der Waals surface area (Å²) >= 11 is 0. The molecule has 4 aromatic rings. The predicted octanol–water partition coefficient (Wildman–Crippen LogP) is 4.78. The van der Waals surface area contributed by atoms with Gasteiger partial charge in [-0.25, -0.2) is 4.79 Å². The number of amides is 1. The molecule has 8 nitrogen and oxygen atoms in total. The third-order valence-electron chi connectivity index (χ3n) is 6.02. The van der Waals surface area contributed by atoms with Crippen molar-refractivity contribution in [2.45, 2.75) is 19.5 Å². The number of para-hydroxylation sites is 1. The van der Waals surface area contributed by atoms with E-state index in [-0.39, 0.29) is 24.5 Å². The van der Waals surface area contributed by atoms with Crippen LogP contribution in [0.15, 0.2) is 94.9 Å². The Hall–Kier alpha value is -4.72. The topological polar surface area (TPSA) is 110 Å². The number of pyridine rings is 1. The number of nitrogens with zero attached hydrogens (tertiary/aromatic N) is 2. The van der Waals surface area contributed by atoms with Crippen LogP contribution in [0.25, 0.3) is 11.0 Å². The lowest BCUT2D eigenvalue weighted by Crippen LogP contribution is -2.30. The van der Waals surface area contributed by atoms with Crippen LogP contribution in [0.2, 0.25) is 0 Å². The highest BCUT2D eigenvalue weighted by Crippen LogP contribution is 2.40. The summed E-state index contributed by atoms with van der Waals surface area (Å²) in [5, 5.41) is 11.6. The van der Waals surface area contributed by atoms with Crippen molar-refractivity contribution in [2.75, 3.05) is 6.61 Å². The number of rotatable bonds is 7. The number of aliphatic hydroxyl groups is 1. The lowest BCUT2D eigenvalue weighted by Gasteiger charge is -2.26. The van der Waals surface area contributed by atoms with E-state index < -0.39 is 29.5 Å². The van der Waals surface area contributed by atoms with Crippen molar-refractivity contribution in [1.82, 2.24) is 9.88 Å². The number of aromatic nitrogens is 1. The van der Waals surface area contributed by atoms with Crippen LogP contribution < -0.4 is 0 Å². The van der Waals surface area contributed by atoms with Crippen molar-refractivity contribution in [3.8, 4) is 0 Å². The summed E-state index contributed by atoms with van der Waals surface area (Å²) < 4.78 is 10.7. The maximum atomic E-state index is 13.6. The van der Waals surface area contributed by atoms with Crippen LogP contribution in [0, 0.1) is 0 Å². The zero-order chi connectivity index (χ0) is 25.2. The minimum absolute atomic E-state index is 0.0279. The van der Waals surface area contributed by atoms with E-state index in [2.05, 4.69) is 4.98 Å².